The van der Waals surface area contributed by atoms with Gasteiger partial charge in [-0.15, -0.1) is 5.10 Å². The molecule has 0 radical (unpaired) electrons. The van der Waals surface area contributed by atoms with Gasteiger partial charge in [-0.1, -0.05) is 21.1 Å². The van der Waals surface area contributed by atoms with Crippen molar-refractivity contribution in [2.45, 2.75) is 24.8 Å². The molecule has 3 heterocycles. The third kappa shape index (κ3) is 4.24. The lowest BCUT2D eigenvalue weighted by Gasteiger charge is -2.15. The number of H-pyrrole nitrogens is 1. The van der Waals surface area contributed by atoms with E-state index in [9.17, 15) is 14.7 Å². The summed E-state index contributed by atoms with van der Waals surface area (Å²) in [5, 5.41) is 18.3. The fourth-order valence-corrected chi connectivity index (χ4v) is 3.85. The Hall–Kier alpha value is -3.02. The van der Waals surface area contributed by atoms with E-state index in [2.05, 4.69) is 31.2 Å². The molecule has 2 N–H and O–H groups in total. The van der Waals surface area contributed by atoms with Gasteiger partial charge in [-0.25, -0.2) is 9.48 Å². The lowest BCUT2D eigenvalue weighted by atomic mass is 10.1. The number of ether oxygens (including phenoxy) is 2. The minimum atomic E-state index is -0.678. The summed E-state index contributed by atoms with van der Waals surface area (Å²) < 4.78 is 14.0. The van der Waals surface area contributed by atoms with Crippen LogP contribution in [0.5, 0.6) is 5.75 Å². The molecular formula is C20H20BrN5O5. The highest BCUT2D eigenvalue weighted by Gasteiger charge is 2.38. The first-order valence-corrected chi connectivity index (χ1v) is 10.4. The molecule has 0 spiro atoms. The Morgan fingerprint density at radius 2 is 2.10 bits per heavy atom. The maximum absolute atomic E-state index is 12.3. The lowest BCUT2D eigenvalue weighted by molar-refractivity contribution is -0.0323. The van der Waals surface area contributed by atoms with Gasteiger partial charge in [0.15, 0.2) is 0 Å². The van der Waals surface area contributed by atoms with Crippen LogP contribution in [-0.2, 0) is 4.74 Å². The molecule has 162 valence electrons. The van der Waals surface area contributed by atoms with Crippen molar-refractivity contribution in [3.05, 3.63) is 68.0 Å². The van der Waals surface area contributed by atoms with Crippen LogP contribution in [0.4, 0.5) is 0 Å². The Morgan fingerprint density at radius 1 is 1.32 bits per heavy atom. The summed E-state index contributed by atoms with van der Waals surface area (Å²) >= 11 is 3.13. The van der Waals surface area contributed by atoms with Gasteiger partial charge >= 0.3 is 5.69 Å². The zero-order valence-corrected chi connectivity index (χ0v) is 18.1. The zero-order chi connectivity index (χ0) is 22.0. The van der Waals surface area contributed by atoms with E-state index in [4.69, 9.17) is 9.47 Å². The summed E-state index contributed by atoms with van der Waals surface area (Å²) in [6.45, 7) is -0.259. The van der Waals surface area contributed by atoms with Crippen molar-refractivity contribution in [1.29, 1.82) is 0 Å². The first kappa shape index (κ1) is 21.2. The number of hydrogen-bond acceptors (Lipinski definition) is 7. The molecule has 1 aromatic carbocycles. The number of halogens is 1. The van der Waals surface area contributed by atoms with E-state index in [0.717, 1.165) is 11.3 Å². The number of aliphatic hydroxyl groups is 1. The molecule has 1 aliphatic rings. The van der Waals surface area contributed by atoms with Crippen molar-refractivity contribution in [2.75, 3.05) is 13.7 Å². The summed E-state index contributed by atoms with van der Waals surface area (Å²) in [5.41, 5.74) is 0.744. The van der Waals surface area contributed by atoms with Crippen LogP contribution in [0.15, 0.2) is 51.2 Å². The Bertz CT molecular complexity index is 1200. The summed E-state index contributed by atoms with van der Waals surface area (Å²) in [6, 6.07) is 7.08. The smallest absolute Gasteiger partial charge is 0.330 e. The van der Waals surface area contributed by atoms with Crippen LogP contribution in [0.1, 0.15) is 24.3 Å². The molecule has 0 amide bonds. The van der Waals surface area contributed by atoms with Crippen LogP contribution >= 0.6 is 15.9 Å². The highest BCUT2D eigenvalue weighted by Crippen LogP contribution is 2.36. The second kappa shape index (κ2) is 9.00. The van der Waals surface area contributed by atoms with Gasteiger partial charge in [0.05, 0.1) is 31.5 Å². The number of aromatic amines is 1. The largest absolute Gasteiger partial charge is 0.497 e. The SMILES string of the molecule is COc1ccc(-c2cn(C3C[C@H](n4cc(/C=C/Br)c(=O)[nH]c4=O)O[C@@H]3CO)nn2)cc1. The van der Waals surface area contributed by atoms with Gasteiger partial charge in [0.2, 0.25) is 0 Å². The number of hydrogen-bond donors (Lipinski definition) is 2. The van der Waals surface area contributed by atoms with Crippen LogP contribution in [0, 0.1) is 0 Å². The van der Waals surface area contributed by atoms with Gasteiger partial charge < -0.3 is 14.6 Å². The van der Waals surface area contributed by atoms with Crippen LogP contribution in [-0.4, -0.2) is 49.5 Å². The number of nitrogens with one attached hydrogen (secondary N) is 1. The molecular weight excluding hydrogens is 470 g/mol. The highest BCUT2D eigenvalue weighted by molar-refractivity contribution is 9.11. The molecule has 0 saturated carbocycles. The molecule has 1 fully saturated rings. The summed E-state index contributed by atoms with van der Waals surface area (Å²) in [7, 11) is 1.60. The molecule has 3 atom stereocenters. The Morgan fingerprint density at radius 3 is 2.77 bits per heavy atom. The van der Waals surface area contributed by atoms with E-state index < -0.39 is 23.6 Å². The van der Waals surface area contributed by atoms with Crippen molar-refractivity contribution >= 4 is 22.0 Å². The van der Waals surface area contributed by atoms with Gasteiger partial charge in [0.1, 0.15) is 23.8 Å². The lowest BCUT2D eigenvalue weighted by Crippen LogP contribution is -2.33. The first-order valence-electron chi connectivity index (χ1n) is 9.49. The normalized spacial score (nSPS) is 21.1. The maximum atomic E-state index is 12.3. The summed E-state index contributed by atoms with van der Waals surface area (Å²) in [5.74, 6) is 0.740. The second-order valence-electron chi connectivity index (χ2n) is 6.97. The predicted octanol–water partition coefficient (Wildman–Crippen LogP) is 1.69. The van der Waals surface area contributed by atoms with E-state index in [1.807, 2.05) is 24.3 Å². The molecule has 10 nitrogen and oxygen atoms in total. The molecule has 11 heteroatoms. The van der Waals surface area contributed by atoms with Gasteiger partial charge in [0.25, 0.3) is 5.56 Å². The van der Waals surface area contributed by atoms with Gasteiger partial charge in [-0.2, -0.15) is 0 Å². The number of methoxy groups -OCH3 is 1. The monoisotopic (exact) mass is 489 g/mol. The van der Waals surface area contributed by atoms with Gasteiger partial charge in [-0.05, 0) is 35.3 Å². The number of benzene rings is 1. The molecule has 3 aromatic rings. The minimum absolute atomic E-state index is 0.259. The van der Waals surface area contributed by atoms with Crippen molar-refractivity contribution in [3.8, 4) is 17.0 Å². The van der Waals surface area contributed by atoms with E-state index >= 15 is 0 Å². The van der Waals surface area contributed by atoms with Crippen molar-refractivity contribution in [3.63, 3.8) is 0 Å². The van der Waals surface area contributed by atoms with E-state index in [-0.39, 0.29) is 12.6 Å². The molecule has 2 aromatic heterocycles. The third-order valence-corrected chi connectivity index (χ3v) is 5.43. The van der Waals surface area contributed by atoms with Gasteiger partial charge in [0, 0.05) is 18.2 Å². The maximum Gasteiger partial charge on any atom is 0.330 e. The molecule has 1 aliphatic heterocycles. The predicted molar refractivity (Wildman–Crippen MR) is 116 cm³/mol. The molecule has 0 bridgehead atoms. The Balaban J connectivity index is 1.61. The third-order valence-electron chi connectivity index (χ3n) is 5.17. The van der Waals surface area contributed by atoms with Crippen molar-refractivity contribution < 1.29 is 14.6 Å². The number of aromatic nitrogens is 5. The van der Waals surface area contributed by atoms with Crippen LogP contribution in [0.25, 0.3) is 17.3 Å². The molecule has 31 heavy (non-hydrogen) atoms. The van der Waals surface area contributed by atoms with E-state index in [1.54, 1.807) is 18.0 Å². The first-order chi connectivity index (χ1) is 15.0. The number of nitrogens with zero attached hydrogens (tertiary/aromatic N) is 4. The highest BCUT2D eigenvalue weighted by atomic mass is 79.9. The fraction of sp³-hybridized carbons (Fsp3) is 0.300. The van der Waals surface area contributed by atoms with E-state index in [0.29, 0.717) is 17.7 Å². The molecule has 1 unspecified atom stereocenters. The van der Waals surface area contributed by atoms with Gasteiger partial charge in [-0.3, -0.25) is 14.3 Å². The number of aliphatic hydroxyl groups excluding tert-OH is 1. The average Bonchev–Trinajstić information content (AvgIpc) is 3.43. The van der Waals surface area contributed by atoms with Crippen LogP contribution in [0.3, 0.4) is 0 Å². The minimum Gasteiger partial charge on any atom is -0.497 e. The summed E-state index contributed by atoms with van der Waals surface area (Å²) in [6.07, 6.45) is 3.83. The second-order valence-corrected chi connectivity index (χ2v) is 7.50. The molecule has 4 rings (SSSR count). The van der Waals surface area contributed by atoms with Crippen LogP contribution in [0.2, 0.25) is 0 Å². The topological polar surface area (TPSA) is 124 Å². The van der Waals surface area contributed by atoms with Crippen molar-refractivity contribution in [2.24, 2.45) is 0 Å². The standard InChI is InChI=1S/C20H20BrN5O5/c1-30-14-4-2-12(3-5-14)15-10-26(24-23-15)16-8-18(31-17(16)11-27)25-9-13(6-7-21)19(28)22-20(25)29/h2-7,9-10,16-18,27H,8,11H2,1H3,(H,22,28,29)/b7-6+/t16?,17-,18-/m1/s1. The van der Waals surface area contributed by atoms with E-state index in [1.165, 1.54) is 21.8 Å². The molecule has 0 aliphatic carbocycles. The zero-order valence-electron chi connectivity index (χ0n) is 16.5. The Kier molecular flexibility index (Phi) is 6.16. The summed E-state index contributed by atoms with van der Waals surface area (Å²) in [4.78, 5) is 28.1. The van der Waals surface area contributed by atoms with Crippen molar-refractivity contribution in [1.82, 2.24) is 24.5 Å². The number of rotatable bonds is 6. The Labute approximate surface area is 184 Å². The van der Waals surface area contributed by atoms with Crippen LogP contribution < -0.4 is 16.0 Å². The fourth-order valence-electron chi connectivity index (χ4n) is 3.56. The average molecular weight is 490 g/mol. The quantitative estimate of drug-likeness (QED) is 0.539. The molecule has 1 saturated heterocycles.